The molecule has 3 heterocycles. The number of pyridine rings is 1. The summed E-state index contributed by atoms with van der Waals surface area (Å²) in [7, 11) is 0. The van der Waals surface area contributed by atoms with Crippen LogP contribution in [-0.4, -0.2) is 57.8 Å². The van der Waals surface area contributed by atoms with E-state index in [-0.39, 0.29) is 37.4 Å². The molecule has 37 heavy (non-hydrogen) atoms. The van der Waals surface area contributed by atoms with Gasteiger partial charge in [-0.15, -0.1) is 0 Å². The van der Waals surface area contributed by atoms with Crippen molar-refractivity contribution in [2.45, 2.75) is 50.4 Å². The Kier molecular flexibility index (Phi) is 8.23. The van der Waals surface area contributed by atoms with Gasteiger partial charge in [0.25, 0.3) is 5.91 Å². The number of benzene rings is 2. The van der Waals surface area contributed by atoms with Crippen LogP contribution in [0.25, 0.3) is 0 Å². The minimum atomic E-state index is -0.570. The first-order chi connectivity index (χ1) is 18.1. The molecule has 2 aliphatic rings. The summed E-state index contributed by atoms with van der Waals surface area (Å²) in [6.07, 6.45) is 5.13. The smallest absolute Gasteiger partial charge is 0.257 e. The normalized spacial score (nSPS) is 24.2. The van der Waals surface area contributed by atoms with Crippen molar-refractivity contribution in [1.29, 1.82) is 0 Å². The number of carbonyl (C=O) groups is 1. The van der Waals surface area contributed by atoms with E-state index >= 15 is 0 Å². The number of nitrogens with one attached hydrogen (secondary N) is 1. The lowest BCUT2D eigenvalue weighted by molar-refractivity contribution is -0.253. The predicted molar refractivity (Wildman–Crippen MR) is 139 cm³/mol. The van der Waals surface area contributed by atoms with Crippen molar-refractivity contribution in [3.63, 3.8) is 0 Å². The number of aromatic nitrogens is 1. The number of carbonyl (C=O) groups excluding carboxylic acids is 1. The minimum Gasteiger partial charge on any atom is -0.395 e. The minimum absolute atomic E-state index is 0.00133. The fraction of sp³-hybridized carbons (Fsp3) is 0.379. The van der Waals surface area contributed by atoms with Gasteiger partial charge in [-0.2, -0.15) is 0 Å². The van der Waals surface area contributed by atoms with Crippen molar-refractivity contribution < 1.29 is 24.5 Å². The molecule has 0 bridgehead atoms. The number of rotatable bonds is 8. The Bertz CT molecular complexity index is 1160. The van der Waals surface area contributed by atoms with Gasteiger partial charge in [0.15, 0.2) is 6.29 Å². The fourth-order valence-corrected chi connectivity index (χ4v) is 5.06. The summed E-state index contributed by atoms with van der Waals surface area (Å²) >= 11 is 0. The first-order valence-electron chi connectivity index (χ1n) is 12.8. The van der Waals surface area contributed by atoms with Gasteiger partial charge in [0.1, 0.15) is 0 Å². The highest BCUT2D eigenvalue weighted by molar-refractivity contribution is 6.03. The highest BCUT2D eigenvalue weighted by Gasteiger charge is 2.35. The van der Waals surface area contributed by atoms with E-state index < -0.39 is 6.29 Å². The Morgan fingerprint density at radius 3 is 2.51 bits per heavy atom. The number of aliphatic hydroxyl groups excluding tert-OH is 2. The third-order valence-corrected chi connectivity index (χ3v) is 7.13. The van der Waals surface area contributed by atoms with Crippen molar-refractivity contribution >= 4 is 11.6 Å². The summed E-state index contributed by atoms with van der Waals surface area (Å²) in [4.78, 5) is 18.8. The van der Waals surface area contributed by atoms with Gasteiger partial charge in [-0.1, -0.05) is 36.4 Å². The molecule has 3 N–H and O–H groups in total. The summed E-state index contributed by atoms with van der Waals surface area (Å²) in [6.45, 7) is 1.85. The van der Waals surface area contributed by atoms with Crippen LogP contribution in [0.1, 0.15) is 58.7 Å². The maximum atomic E-state index is 12.5. The molecule has 0 radical (unpaired) electrons. The third-order valence-electron chi connectivity index (χ3n) is 7.13. The second-order valence-corrected chi connectivity index (χ2v) is 9.64. The molecule has 2 fully saturated rings. The van der Waals surface area contributed by atoms with E-state index in [0.29, 0.717) is 17.7 Å². The zero-order valence-electron chi connectivity index (χ0n) is 20.7. The molecule has 1 amide bonds. The lowest BCUT2D eigenvalue weighted by Gasteiger charge is -2.38. The average molecular weight is 504 g/mol. The van der Waals surface area contributed by atoms with E-state index in [2.05, 4.69) is 15.2 Å². The third kappa shape index (κ3) is 6.23. The van der Waals surface area contributed by atoms with Gasteiger partial charge in [-0.3, -0.25) is 14.7 Å². The number of nitrogens with zero attached hydrogens (tertiary/aromatic N) is 2. The van der Waals surface area contributed by atoms with Gasteiger partial charge in [0, 0.05) is 42.7 Å². The number of likely N-dealkylation sites (tertiary alicyclic amines) is 1. The Morgan fingerprint density at radius 1 is 1.03 bits per heavy atom. The standard InChI is InChI=1S/C29H33N3O5/c33-18-20-5-7-21(8-6-20)27-15-26(17-32-14-2-4-25(32)19-34)36-29(37-27)22-9-11-24(12-10-22)31-28(35)23-3-1-13-30-16-23/h1,3,5-13,16,25-27,29,33-34H,2,4,14-15,17-19H2,(H,31,35)/t25-,26+,27-,29-/m0/s1. The van der Waals surface area contributed by atoms with Gasteiger partial charge in [-0.25, -0.2) is 0 Å². The maximum absolute atomic E-state index is 12.5. The molecule has 0 spiro atoms. The van der Waals surface area contributed by atoms with E-state index in [1.54, 1.807) is 18.3 Å². The molecule has 4 atom stereocenters. The molecule has 2 saturated heterocycles. The molecule has 2 aliphatic heterocycles. The molecule has 0 saturated carbocycles. The summed E-state index contributed by atoms with van der Waals surface area (Å²) in [5.41, 5.74) is 3.92. The van der Waals surface area contributed by atoms with Crippen molar-refractivity contribution in [2.75, 3.05) is 25.0 Å². The number of amides is 1. The Balaban J connectivity index is 1.32. The van der Waals surface area contributed by atoms with Gasteiger partial charge in [0.05, 0.1) is 31.0 Å². The van der Waals surface area contributed by atoms with Crippen LogP contribution in [0.2, 0.25) is 0 Å². The first kappa shape index (κ1) is 25.5. The largest absolute Gasteiger partial charge is 0.395 e. The van der Waals surface area contributed by atoms with Gasteiger partial charge < -0.3 is 25.0 Å². The zero-order valence-corrected chi connectivity index (χ0v) is 20.7. The fourth-order valence-electron chi connectivity index (χ4n) is 5.06. The topological polar surface area (TPSA) is 104 Å². The van der Waals surface area contributed by atoms with E-state index in [0.717, 1.165) is 42.6 Å². The van der Waals surface area contributed by atoms with Crippen molar-refractivity contribution in [1.82, 2.24) is 9.88 Å². The Labute approximate surface area is 216 Å². The summed E-state index contributed by atoms with van der Waals surface area (Å²) in [5.74, 6) is -0.221. The van der Waals surface area contributed by atoms with Gasteiger partial charge >= 0.3 is 0 Å². The Hall–Kier alpha value is -3.14. The monoisotopic (exact) mass is 503 g/mol. The van der Waals surface area contributed by atoms with Gasteiger partial charge in [-0.05, 0) is 54.8 Å². The van der Waals surface area contributed by atoms with E-state index in [4.69, 9.17) is 9.47 Å². The lowest BCUT2D eigenvalue weighted by atomic mass is 9.99. The number of hydrogen-bond acceptors (Lipinski definition) is 7. The van der Waals surface area contributed by atoms with Crippen LogP contribution in [0.5, 0.6) is 0 Å². The second kappa shape index (κ2) is 11.9. The van der Waals surface area contributed by atoms with Crippen molar-refractivity contribution in [2.24, 2.45) is 0 Å². The Morgan fingerprint density at radius 2 is 1.81 bits per heavy atom. The molecule has 8 nitrogen and oxygen atoms in total. The summed E-state index contributed by atoms with van der Waals surface area (Å²) in [6, 6.07) is 18.9. The average Bonchev–Trinajstić information content (AvgIpc) is 3.40. The molecule has 1 aromatic heterocycles. The first-order valence-corrected chi connectivity index (χ1v) is 12.8. The molecule has 194 valence electrons. The van der Waals surface area contributed by atoms with Crippen LogP contribution in [-0.2, 0) is 16.1 Å². The van der Waals surface area contributed by atoms with Crippen LogP contribution in [0.4, 0.5) is 5.69 Å². The highest BCUT2D eigenvalue weighted by atomic mass is 16.7. The molecule has 3 aromatic rings. The van der Waals surface area contributed by atoms with E-state index in [1.165, 1.54) is 6.20 Å². The summed E-state index contributed by atoms with van der Waals surface area (Å²) < 4.78 is 12.9. The molecule has 0 aliphatic carbocycles. The molecule has 5 rings (SSSR count). The molecule has 2 aromatic carbocycles. The van der Waals surface area contributed by atoms with Gasteiger partial charge in [0.2, 0.25) is 0 Å². The predicted octanol–water partition coefficient (Wildman–Crippen LogP) is 3.83. The van der Waals surface area contributed by atoms with Crippen LogP contribution in [0, 0.1) is 0 Å². The molecular formula is C29H33N3O5. The second-order valence-electron chi connectivity index (χ2n) is 9.64. The van der Waals surface area contributed by atoms with E-state index in [9.17, 15) is 15.0 Å². The van der Waals surface area contributed by atoms with E-state index in [1.807, 2.05) is 48.5 Å². The maximum Gasteiger partial charge on any atom is 0.257 e. The number of anilines is 1. The number of hydrogen-bond donors (Lipinski definition) is 3. The van der Waals surface area contributed by atoms with Crippen LogP contribution >= 0.6 is 0 Å². The highest BCUT2D eigenvalue weighted by Crippen LogP contribution is 2.39. The van der Waals surface area contributed by atoms with Crippen LogP contribution < -0.4 is 5.32 Å². The molecular weight excluding hydrogens is 470 g/mol. The number of ether oxygens (including phenoxy) is 2. The molecule has 0 unspecified atom stereocenters. The summed E-state index contributed by atoms with van der Waals surface area (Å²) in [5, 5.41) is 22.1. The lowest BCUT2D eigenvalue weighted by Crippen LogP contribution is -2.42. The van der Waals surface area contributed by atoms with Crippen LogP contribution in [0.15, 0.2) is 73.1 Å². The quantitative estimate of drug-likeness (QED) is 0.429. The van der Waals surface area contributed by atoms with Crippen molar-refractivity contribution in [3.05, 3.63) is 95.3 Å². The van der Waals surface area contributed by atoms with Crippen LogP contribution in [0.3, 0.4) is 0 Å². The SMILES string of the molecule is O=C(Nc1ccc([C@H]2O[C@@H](CN3CCC[C@H]3CO)C[C@@H](c3ccc(CO)cc3)O2)cc1)c1cccnc1. The van der Waals surface area contributed by atoms with Crippen molar-refractivity contribution in [3.8, 4) is 0 Å². The zero-order chi connectivity index (χ0) is 25.6. The molecule has 8 heteroatoms. The number of aliphatic hydroxyl groups is 2.